The fourth-order valence-electron chi connectivity index (χ4n) is 2.24. The maximum atomic E-state index is 12.3. The molecule has 0 spiro atoms. The second kappa shape index (κ2) is 7.02. The van der Waals surface area contributed by atoms with Crippen LogP contribution in [0.1, 0.15) is 15.9 Å². The molecule has 0 fully saturated rings. The van der Waals surface area contributed by atoms with Crippen LogP contribution >= 0.6 is 11.3 Å². The molecule has 0 radical (unpaired) electrons. The van der Waals surface area contributed by atoms with Gasteiger partial charge in [0.15, 0.2) is 0 Å². The molecule has 3 aromatic rings. The van der Waals surface area contributed by atoms with Gasteiger partial charge in [0.2, 0.25) is 5.88 Å². The van der Waals surface area contributed by atoms with Crippen LogP contribution in [0, 0.1) is 0 Å². The minimum atomic E-state index is -0.227. The van der Waals surface area contributed by atoms with Crippen molar-refractivity contribution in [3.8, 4) is 17.1 Å². The van der Waals surface area contributed by atoms with Gasteiger partial charge < -0.3 is 10.1 Å². The first kappa shape index (κ1) is 15.2. The highest BCUT2D eigenvalue weighted by molar-refractivity contribution is 7.08. The topological polar surface area (TPSA) is 64.1 Å². The van der Waals surface area contributed by atoms with Crippen LogP contribution in [0.25, 0.3) is 11.3 Å². The van der Waals surface area contributed by atoms with Gasteiger partial charge in [0, 0.05) is 29.9 Å². The number of carbonyl (C=O) groups is 1. The van der Waals surface area contributed by atoms with Crippen LogP contribution in [0.3, 0.4) is 0 Å². The Morgan fingerprint density at radius 3 is 2.83 bits per heavy atom. The molecule has 6 heteroatoms. The van der Waals surface area contributed by atoms with Gasteiger partial charge in [-0.15, -0.1) is 0 Å². The van der Waals surface area contributed by atoms with Crippen LogP contribution in [0.5, 0.6) is 5.88 Å². The predicted octanol–water partition coefficient (Wildman–Crippen LogP) is 3.14. The van der Waals surface area contributed by atoms with Crippen LogP contribution in [-0.4, -0.2) is 23.0 Å². The van der Waals surface area contributed by atoms with E-state index in [1.165, 1.54) is 7.11 Å². The summed E-state index contributed by atoms with van der Waals surface area (Å²) in [6.45, 7) is 0.385. The molecule has 0 aliphatic carbocycles. The number of methoxy groups -OCH3 is 1. The molecule has 23 heavy (non-hydrogen) atoms. The SMILES string of the molecule is COc1ncccc1C(=O)NCc1cccnc1-c1ccsc1. The van der Waals surface area contributed by atoms with Crippen molar-refractivity contribution in [1.29, 1.82) is 0 Å². The Bertz CT molecular complexity index is 803. The van der Waals surface area contributed by atoms with Crippen molar-refractivity contribution >= 4 is 17.2 Å². The smallest absolute Gasteiger partial charge is 0.257 e. The molecule has 1 N–H and O–H groups in total. The number of ether oxygens (including phenoxy) is 1. The highest BCUT2D eigenvalue weighted by atomic mass is 32.1. The van der Waals surface area contributed by atoms with E-state index >= 15 is 0 Å². The fourth-order valence-corrected chi connectivity index (χ4v) is 2.88. The normalized spacial score (nSPS) is 10.3. The number of hydrogen-bond acceptors (Lipinski definition) is 5. The molecule has 0 saturated heterocycles. The number of nitrogens with one attached hydrogen (secondary N) is 1. The van der Waals surface area contributed by atoms with E-state index in [-0.39, 0.29) is 5.91 Å². The molecule has 3 aromatic heterocycles. The minimum Gasteiger partial charge on any atom is -0.480 e. The Morgan fingerprint density at radius 2 is 2.04 bits per heavy atom. The van der Waals surface area contributed by atoms with Gasteiger partial charge >= 0.3 is 0 Å². The van der Waals surface area contributed by atoms with Gasteiger partial charge in [-0.05, 0) is 35.2 Å². The van der Waals surface area contributed by atoms with Gasteiger partial charge in [-0.1, -0.05) is 6.07 Å². The quantitative estimate of drug-likeness (QED) is 0.783. The molecule has 0 bridgehead atoms. The maximum absolute atomic E-state index is 12.3. The Kier molecular flexibility index (Phi) is 4.63. The third kappa shape index (κ3) is 3.37. The number of aromatic nitrogens is 2. The molecule has 3 heterocycles. The Hall–Kier alpha value is -2.73. The molecule has 0 atom stereocenters. The molecule has 0 aliphatic heterocycles. The largest absolute Gasteiger partial charge is 0.480 e. The van der Waals surface area contributed by atoms with Gasteiger partial charge in [0.1, 0.15) is 5.56 Å². The van der Waals surface area contributed by atoms with Crippen molar-refractivity contribution in [3.63, 3.8) is 0 Å². The van der Waals surface area contributed by atoms with Crippen LogP contribution in [0.15, 0.2) is 53.5 Å². The third-order valence-electron chi connectivity index (χ3n) is 3.33. The number of pyridine rings is 2. The molecule has 3 rings (SSSR count). The summed E-state index contributed by atoms with van der Waals surface area (Å²) < 4.78 is 5.12. The summed E-state index contributed by atoms with van der Waals surface area (Å²) in [5.74, 6) is 0.0873. The van der Waals surface area contributed by atoms with Crippen molar-refractivity contribution in [1.82, 2.24) is 15.3 Å². The Morgan fingerprint density at radius 1 is 1.22 bits per heavy atom. The number of rotatable bonds is 5. The monoisotopic (exact) mass is 325 g/mol. The fraction of sp³-hybridized carbons (Fsp3) is 0.118. The first-order valence-electron chi connectivity index (χ1n) is 7.03. The highest BCUT2D eigenvalue weighted by Crippen LogP contribution is 2.23. The van der Waals surface area contributed by atoms with Crippen molar-refractivity contribution < 1.29 is 9.53 Å². The minimum absolute atomic E-state index is 0.227. The second-order valence-corrected chi connectivity index (χ2v) is 5.55. The molecule has 1 amide bonds. The first-order chi connectivity index (χ1) is 11.3. The van der Waals surface area contributed by atoms with E-state index in [0.717, 1.165) is 16.8 Å². The van der Waals surface area contributed by atoms with Gasteiger partial charge in [-0.3, -0.25) is 9.78 Å². The molecular formula is C17H15N3O2S. The van der Waals surface area contributed by atoms with Crippen molar-refractivity contribution in [2.24, 2.45) is 0 Å². The number of carbonyl (C=O) groups excluding carboxylic acids is 1. The van der Waals surface area contributed by atoms with E-state index < -0.39 is 0 Å². The molecule has 0 aliphatic rings. The highest BCUT2D eigenvalue weighted by Gasteiger charge is 2.13. The lowest BCUT2D eigenvalue weighted by Gasteiger charge is -2.10. The van der Waals surface area contributed by atoms with Gasteiger partial charge in [-0.2, -0.15) is 11.3 Å². The molecule has 0 saturated carbocycles. The zero-order chi connectivity index (χ0) is 16.1. The second-order valence-electron chi connectivity index (χ2n) is 4.77. The summed E-state index contributed by atoms with van der Waals surface area (Å²) in [7, 11) is 1.49. The van der Waals surface area contributed by atoms with E-state index in [1.807, 2.05) is 29.0 Å². The number of amides is 1. The van der Waals surface area contributed by atoms with Crippen molar-refractivity contribution in [3.05, 3.63) is 64.6 Å². The molecular weight excluding hydrogens is 310 g/mol. The summed E-state index contributed by atoms with van der Waals surface area (Å²) in [6, 6.07) is 9.23. The average molecular weight is 325 g/mol. The zero-order valence-corrected chi connectivity index (χ0v) is 13.3. The van der Waals surface area contributed by atoms with Crippen LogP contribution in [-0.2, 0) is 6.54 Å². The maximum Gasteiger partial charge on any atom is 0.257 e. The van der Waals surface area contributed by atoms with Crippen molar-refractivity contribution in [2.75, 3.05) is 7.11 Å². The first-order valence-corrected chi connectivity index (χ1v) is 7.97. The van der Waals surface area contributed by atoms with Crippen molar-refractivity contribution in [2.45, 2.75) is 6.54 Å². The summed E-state index contributed by atoms with van der Waals surface area (Å²) in [5, 5.41) is 6.94. The zero-order valence-electron chi connectivity index (χ0n) is 12.5. The number of nitrogens with zero attached hydrogens (tertiary/aromatic N) is 2. The molecule has 116 valence electrons. The summed E-state index contributed by atoms with van der Waals surface area (Å²) >= 11 is 1.62. The Balaban J connectivity index is 1.78. The lowest BCUT2D eigenvalue weighted by molar-refractivity contribution is 0.0947. The molecule has 0 aromatic carbocycles. The van der Waals surface area contributed by atoms with E-state index in [4.69, 9.17) is 4.74 Å². The standard InChI is InChI=1S/C17H15N3O2S/c1-22-17-14(5-3-8-19-17)16(21)20-10-12-4-2-7-18-15(12)13-6-9-23-11-13/h2-9,11H,10H2,1H3,(H,20,21). The van der Waals surface area contributed by atoms with Crippen LogP contribution < -0.4 is 10.1 Å². The predicted molar refractivity (Wildman–Crippen MR) is 89.5 cm³/mol. The average Bonchev–Trinajstić information content (AvgIpc) is 3.14. The lowest BCUT2D eigenvalue weighted by atomic mass is 10.1. The molecule has 5 nitrogen and oxygen atoms in total. The van der Waals surface area contributed by atoms with Gasteiger partial charge in [-0.25, -0.2) is 4.98 Å². The van der Waals surface area contributed by atoms with E-state index in [2.05, 4.69) is 15.3 Å². The van der Waals surface area contributed by atoms with E-state index in [0.29, 0.717) is 18.0 Å². The van der Waals surface area contributed by atoms with E-state index in [9.17, 15) is 4.79 Å². The van der Waals surface area contributed by atoms with Gasteiger partial charge in [0.05, 0.1) is 12.8 Å². The molecule has 0 unspecified atom stereocenters. The van der Waals surface area contributed by atoms with Gasteiger partial charge in [0.25, 0.3) is 5.91 Å². The summed E-state index contributed by atoms with van der Waals surface area (Å²) in [5.41, 5.74) is 3.31. The number of thiophene rings is 1. The summed E-state index contributed by atoms with van der Waals surface area (Å²) in [4.78, 5) is 20.8. The van der Waals surface area contributed by atoms with Crippen LogP contribution in [0.4, 0.5) is 0 Å². The number of hydrogen-bond donors (Lipinski definition) is 1. The van der Waals surface area contributed by atoms with E-state index in [1.54, 1.807) is 35.9 Å². The Labute approximate surface area is 138 Å². The third-order valence-corrected chi connectivity index (χ3v) is 4.02. The lowest BCUT2D eigenvalue weighted by Crippen LogP contribution is -2.24. The van der Waals surface area contributed by atoms with Crippen LogP contribution in [0.2, 0.25) is 0 Å². The summed E-state index contributed by atoms with van der Waals surface area (Å²) in [6.07, 6.45) is 3.34.